The average Bonchev–Trinajstić information content (AvgIpc) is 2.38. The summed E-state index contributed by atoms with van der Waals surface area (Å²) in [5.74, 6) is 0.768. The molecule has 5 heteroatoms. The van der Waals surface area contributed by atoms with Crippen molar-refractivity contribution in [3.05, 3.63) is 18.0 Å². The molecule has 0 bridgehead atoms. The molecule has 0 amide bonds. The summed E-state index contributed by atoms with van der Waals surface area (Å²) in [5.41, 5.74) is 6.87. The van der Waals surface area contributed by atoms with Crippen molar-refractivity contribution in [3.63, 3.8) is 0 Å². The number of hydrogen-bond acceptors (Lipinski definition) is 5. The molecule has 0 aliphatic carbocycles. The summed E-state index contributed by atoms with van der Waals surface area (Å²) < 4.78 is 5.53. The highest BCUT2D eigenvalue weighted by molar-refractivity contribution is 5.32. The van der Waals surface area contributed by atoms with Crippen LogP contribution < -0.4 is 10.6 Å². The first-order valence-corrected chi connectivity index (χ1v) is 6.40. The Kier molecular flexibility index (Phi) is 3.82. The Morgan fingerprint density at radius 1 is 1.39 bits per heavy atom. The van der Waals surface area contributed by atoms with Crippen LogP contribution in [0.25, 0.3) is 0 Å². The Morgan fingerprint density at radius 3 is 2.61 bits per heavy atom. The summed E-state index contributed by atoms with van der Waals surface area (Å²) in [6.45, 7) is 9.29. The summed E-state index contributed by atoms with van der Waals surface area (Å²) in [5, 5.41) is 0. The van der Waals surface area contributed by atoms with E-state index in [2.05, 4.69) is 35.6 Å². The Labute approximate surface area is 108 Å². The van der Waals surface area contributed by atoms with Crippen LogP contribution in [-0.4, -0.2) is 42.3 Å². The van der Waals surface area contributed by atoms with Gasteiger partial charge in [-0.15, -0.1) is 0 Å². The average molecular weight is 250 g/mol. The summed E-state index contributed by atoms with van der Waals surface area (Å²) in [7, 11) is 0. The van der Waals surface area contributed by atoms with E-state index in [1.165, 1.54) is 0 Å². The molecule has 0 saturated carbocycles. The lowest BCUT2D eigenvalue weighted by molar-refractivity contribution is 0.0460. The van der Waals surface area contributed by atoms with Gasteiger partial charge in [-0.3, -0.25) is 0 Å². The zero-order valence-corrected chi connectivity index (χ0v) is 11.4. The standard InChI is InChI=1S/C13H22N4O/c1-13(2,3)10-7-15-12(16-8-10)17-4-5-18-11(6-14)9-17/h7-8,11H,4-6,9,14H2,1-3H3. The maximum absolute atomic E-state index is 5.63. The minimum Gasteiger partial charge on any atom is -0.373 e. The summed E-state index contributed by atoms with van der Waals surface area (Å²) >= 11 is 0. The molecule has 0 spiro atoms. The molecular formula is C13H22N4O. The number of hydrogen-bond donors (Lipinski definition) is 1. The molecule has 2 heterocycles. The smallest absolute Gasteiger partial charge is 0.225 e. The molecule has 1 unspecified atom stereocenters. The van der Waals surface area contributed by atoms with Crippen molar-refractivity contribution in [1.29, 1.82) is 0 Å². The lowest BCUT2D eigenvalue weighted by Gasteiger charge is -2.32. The van der Waals surface area contributed by atoms with E-state index < -0.39 is 0 Å². The molecule has 1 fully saturated rings. The predicted octanol–water partition coefficient (Wildman–Crippen LogP) is 0.938. The monoisotopic (exact) mass is 250 g/mol. The molecule has 1 aliphatic rings. The number of ether oxygens (including phenoxy) is 1. The van der Waals surface area contributed by atoms with Crippen LogP contribution in [0.1, 0.15) is 26.3 Å². The second-order valence-corrected chi connectivity index (χ2v) is 5.70. The number of aromatic nitrogens is 2. The van der Waals surface area contributed by atoms with Crippen LogP contribution in [0.2, 0.25) is 0 Å². The third kappa shape index (κ3) is 2.97. The molecule has 1 aliphatic heterocycles. The predicted molar refractivity (Wildman–Crippen MR) is 71.7 cm³/mol. The zero-order valence-electron chi connectivity index (χ0n) is 11.4. The second kappa shape index (κ2) is 5.20. The van der Waals surface area contributed by atoms with Gasteiger partial charge >= 0.3 is 0 Å². The van der Waals surface area contributed by atoms with Crippen LogP contribution in [0.5, 0.6) is 0 Å². The molecular weight excluding hydrogens is 228 g/mol. The van der Waals surface area contributed by atoms with E-state index >= 15 is 0 Å². The van der Waals surface area contributed by atoms with Gasteiger partial charge in [0.05, 0.1) is 12.7 Å². The molecule has 100 valence electrons. The minimum absolute atomic E-state index is 0.0866. The van der Waals surface area contributed by atoms with Gasteiger partial charge in [-0.2, -0.15) is 0 Å². The molecule has 18 heavy (non-hydrogen) atoms. The van der Waals surface area contributed by atoms with E-state index in [0.29, 0.717) is 13.2 Å². The van der Waals surface area contributed by atoms with Gasteiger partial charge in [0.15, 0.2) is 0 Å². The molecule has 0 radical (unpaired) electrons. The van der Waals surface area contributed by atoms with E-state index in [9.17, 15) is 0 Å². The van der Waals surface area contributed by atoms with Gasteiger partial charge in [0.25, 0.3) is 0 Å². The van der Waals surface area contributed by atoms with Gasteiger partial charge in [0, 0.05) is 32.0 Å². The topological polar surface area (TPSA) is 64.3 Å². The Morgan fingerprint density at radius 2 is 2.06 bits per heavy atom. The van der Waals surface area contributed by atoms with Gasteiger partial charge in [-0.05, 0) is 11.0 Å². The number of nitrogens with two attached hydrogens (primary N) is 1. The number of nitrogens with zero attached hydrogens (tertiary/aromatic N) is 3. The van der Waals surface area contributed by atoms with E-state index in [4.69, 9.17) is 10.5 Å². The lowest BCUT2D eigenvalue weighted by atomic mass is 9.89. The largest absolute Gasteiger partial charge is 0.373 e. The van der Waals surface area contributed by atoms with Crippen LogP contribution in [-0.2, 0) is 10.2 Å². The van der Waals surface area contributed by atoms with E-state index in [-0.39, 0.29) is 11.5 Å². The third-order valence-corrected chi connectivity index (χ3v) is 3.19. The van der Waals surface area contributed by atoms with Crippen molar-refractivity contribution in [3.8, 4) is 0 Å². The molecule has 1 saturated heterocycles. The summed E-state index contributed by atoms with van der Waals surface area (Å²) in [4.78, 5) is 11.0. The second-order valence-electron chi connectivity index (χ2n) is 5.70. The van der Waals surface area contributed by atoms with Crippen molar-refractivity contribution in [2.24, 2.45) is 5.73 Å². The molecule has 1 aromatic rings. The highest BCUT2D eigenvalue weighted by atomic mass is 16.5. The first kappa shape index (κ1) is 13.2. The summed E-state index contributed by atoms with van der Waals surface area (Å²) in [6, 6.07) is 0. The number of anilines is 1. The van der Waals surface area contributed by atoms with Gasteiger partial charge in [0.1, 0.15) is 0 Å². The van der Waals surface area contributed by atoms with Crippen LogP contribution in [0.4, 0.5) is 5.95 Å². The lowest BCUT2D eigenvalue weighted by Crippen LogP contribution is -2.46. The molecule has 1 aromatic heterocycles. The molecule has 5 nitrogen and oxygen atoms in total. The van der Waals surface area contributed by atoms with Crippen molar-refractivity contribution >= 4 is 5.95 Å². The van der Waals surface area contributed by atoms with Gasteiger partial charge < -0.3 is 15.4 Å². The van der Waals surface area contributed by atoms with Crippen molar-refractivity contribution in [1.82, 2.24) is 9.97 Å². The van der Waals surface area contributed by atoms with Crippen LogP contribution in [0.15, 0.2) is 12.4 Å². The fourth-order valence-electron chi connectivity index (χ4n) is 1.92. The minimum atomic E-state index is 0.0866. The quantitative estimate of drug-likeness (QED) is 0.846. The van der Waals surface area contributed by atoms with E-state index in [1.807, 2.05) is 12.4 Å². The number of morpholine rings is 1. The highest BCUT2D eigenvalue weighted by Gasteiger charge is 2.22. The maximum atomic E-state index is 5.63. The van der Waals surface area contributed by atoms with E-state index in [1.54, 1.807) is 0 Å². The van der Waals surface area contributed by atoms with Crippen LogP contribution >= 0.6 is 0 Å². The molecule has 2 N–H and O–H groups in total. The number of rotatable bonds is 2. The Bertz CT molecular complexity index is 385. The Hall–Kier alpha value is -1.20. The molecule has 1 atom stereocenters. The van der Waals surface area contributed by atoms with Crippen molar-refractivity contribution < 1.29 is 4.74 Å². The zero-order chi connectivity index (χ0) is 13.2. The first-order valence-electron chi connectivity index (χ1n) is 6.40. The van der Waals surface area contributed by atoms with Crippen LogP contribution in [0, 0.1) is 0 Å². The van der Waals surface area contributed by atoms with Crippen LogP contribution in [0.3, 0.4) is 0 Å². The summed E-state index contributed by atoms with van der Waals surface area (Å²) in [6.07, 6.45) is 3.91. The normalized spacial score (nSPS) is 21.1. The highest BCUT2D eigenvalue weighted by Crippen LogP contribution is 2.21. The fraction of sp³-hybridized carbons (Fsp3) is 0.692. The Balaban J connectivity index is 2.09. The van der Waals surface area contributed by atoms with Gasteiger partial charge in [-0.25, -0.2) is 9.97 Å². The molecule has 0 aromatic carbocycles. The van der Waals surface area contributed by atoms with E-state index in [0.717, 1.165) is 24.6 Å². The van der Waals surface area contributed by atoms with Crippen molar-refractivity contribution in [2.45, 2.75) is 32.3 Å². The fourth-order valence-corrected chi connectivity index (χ4v) is 1.92. The third-order valence-electron chi connectivity index (χ3n) is 3.19. The van der Waals surface area contributed by atoms with Gasteiger partial charge in [0.2, 0.25) is 5.95 Å². The first-order chi connectivity index (χ1) is 8.50. The van der Waals surface area contributed by atoms with Crippen molar-refractivity contribution in [2.75, 3.05) is 31.1 Å². The molecule has 2 rings (SSSR count). The SMILES string of the molecule is CC(C)(C)c1cnc(N2CCOC(CN)C2)nc1. The maximum Gasteiger partial charge on any atom is 0.225 e. The van der Waals surface area contributed by atoms with Gasteiger partial charge in [-0.1, -0.05) is 20.8 Å².